The van der Waals surface area contributed by atoms with Gasteiger partial charge >= 0.3 is 0 Å². The third kappa shape index (κ3) is 3.67. The van der Waals surface area contributed by atoms with E-state index in [4.69, 9.17) is 11.6 Å². The molecule has 0 bridgehead atoms. The van der Waals surface area contributed by atoms with Crippen molar-refractivity contribution in [1.82, 2.24) is 0 Å². The van der Waals surface area contributed by atoms with Crippen molar-refractivity contribution in [3.8, 4) is 0 Å². The average molecular weight is 406 g/mol. The maximum atomic E-state index is 12.8. The van der Waals surface area contributed by atoms with E-state index in [2.05, 4.69) is 41.8 Å². The number of benzene rings is 1. The minimum Gasteiger partial charge on any atom is -0.325 e. The average Bonchev–Trinajstić information content (AvgIpc) is 2.81. The minimum atomic E-state index is -0.170. The standard InChI is InChI=1S/C16H21ClINO/c1-11(2)10-16(7-3-4-8-16)15(20)19-14-6-5-12(17)9-13(14)18/h5-6,9,11H,3-4,7-8,10H2,1-2H3,(H,19,20). The number of amides is 1. The van der Waals surface area contributed by atoms with Gasteiger partial charge in [-0.15, -0.1) is 0 Å². The highest BCUT2D eigenvalue weighted by Crippen LogP contribution is 2.44. The predicted octanol–water partition coefficient (Wildman–Crippen LogP) is 5.49. The molecule has 0 atom stereocenters. The van der Waals surface area contributed by atoms with Crippen LogP contribution in [0.15, 0.2) is 18.2 Å². The fourth-order valence-electron chi connectivity index (χ4n) is 3.20. The summed E-state index contributed by atoms with van der Waals surface area (Å²) in [6.45, 7) is 4.39. The number of nitrogens with one attached hydrogen (secondary N) is 1. The van der Waals surface area contributed by atoms with E-state index in [1.54, 1.807) is 0 Å². The first-order valence-electron chi connectivity index (χ1n) is 7.19. The highest BCUT2D eigenvalue weighted by Gasteiger charge is 2.41. The van der Waals surface area contributed by atoms with Crippen molar-refractivity contribution in [3.05, 3.63) is 26.8 Å². The zero-order valence-corrected chi connectivity index (χ0v) is 14.9. The van der Waals surface area contributed by atoms with Crippen LogP contribution in [0.5, 0.6) is 0 Å². The zero-order valence-electron chi connectivity index (χ0n) is 12.0. The minimum absolute atomic E-state index is 0.170. The molecular weight excluding hydrogens is 385 g/mol. The van der Waals surface area contributed by atoms with Gasteiger partial charge in [-0.2, -0.15) is 0 Å². The second-order valence-electron chi connectivity index (χ2n) is 6.16. The molecule has 2 rings (SSSR count). The topological polar surface area (TPSA) is 29.1 Å². The van der Waals surface area contributed by atoms with Crippen LogP contribution < -0.4 is 5.32 Å². The van der Waals surface area contributed by atoms with Gasteiger partial charge in [0.2, 0.25) is 5.91 Å². The molecule has 20 heavy (non-hydrogen) atoms. The maximum absolute atomic E-state index is 12.8. The van der Waals surface area contributed by atoms with E-state index in [1.165, 1.54) is 0 Å². The van der Waals surface area contributed by atoms with Crippen LogP contribution in [0.25, 0.3) is 0 Å². The second kappa shape index (κ2) is 6.65. The molecule has 0 unspecified atom stereocenters. The van der Waals surface area contributed by atoms with Crippen LogP contribution in [0.1, 0.15) is 46.0 Å². The van der Waals surface area contributed by atoms with Crippen LogP contribution >= 0.6 is 34.2 Å². The summed E-state index contributed by atoms with van der Waals surface area (Å²) < 4.78 is 0.987. The first-order valence-corrected chi connectivity index (χ1v) is 8.65. The highest BCUT2D eigenvalue weighted by molar-refractivity contribution is 14.1. The molecule has 0 aromatic heterocycles. The number of hydrogen-bond acceptors (Lipinski definition) is 1. The molecule has 1 N–H and O–H groups in total. The Morgan fingerprint density at radius 1 is 1.40 bits per heavy atom. The van der Waals surface area contributed by atoms with Crippen molar-refractivity contribution in [2.24, 2.45) is 11.3 Å². The van der Waals surface area contributed by atoms with Gasteiger partial charge in [0.1, 0.15) is 0 Å². The first kappa shape index (κ1) is 16.1. The van der Waals surface area contributed by atoms with E-state index in [0.29, 0.717) is 10.9 Å². The molecule has 2 nitrogen and oxygen atoms in total. The summed E-state index contributed by atoms with van der Waals surface area (Å²) in [7, 11) is 0. The number of carbonyl (C=O) groups is 1. The molecule has 0 spiro atoms. The number of anilines is 1. The molecule has 1 aromatic rings. The fraction of sp³-hybridized carbons (Fsp3) is 0.562. The van der Waals surface area contributed by atoms with E-state index < -0.39 is 0 Å². The summed E-state index contributed by atoms with van der Waals surface area (Å²) in [6.07, 6.45) is 5.33. The van der Waals surface area contributed by atoms with Gasteiger partial charge in [-0.25, -0.2) is 0 Å². The maximum Gasteiger partial charge on any atom is 0.230 e. The van der Waals surface area contributed by atoms with E-state index in [1.807, 2.05) is 18.2 Å². The van der Waals surface area contributed by atoms with Gasteiger partial charge < -0.3 is 5.32 Å². The van der Waals surface area contributed by atoms with Gasteiger partial charge in [0, 0.05) is 14.0 Å². The molecule has 0 heterocycles. The summed E-state index contributed by atoms with van der Waals surface area (Å²) in [6, 6.07) is 5.59. The Hall–Kier alpha value is -0.290. The monoisotopic (exact) mass is 405 g/mol. The Morgan fingerprint density at radius 3 is 2.60 bits per heavy atom. The Kier molecular flexibility index (Phi) is 5.35. The lowest BCUT2D eigenvalue weighted by Gasteiger charge is -2.29. The van der Waals surface area contributed by atoms with Crippen LogP contribution in [0, 0.1) is 14.9 Å². The zero-order chi connectivity index (χ0) is 14.8. The lowest BCUT2D eigenvalue weighted by molar-refractivity contribution is -0.126. The van der Waals surface area contributed by atoms with E-state index >= 15 is 0 Å². The van der Waals surface area contributed by atoms with Crippen LogP contribution in [-0.2, 0) is 4.79 Å². The molecule has 110 valence electrons. The van der Waals surface area contributed by atoms with Gasteiger partial charge in [-0.1, -0.05) is 38.3 Å². The summed E-state index contributed by atoms with van der Waals surface area (Å²) in [5.74, 6) is 0.729. The number of carbonyl (C=O) groups excluding carboxylic acids is 1. The Bertz CT molecular complexity index is 495. The molecule has 1 aromatic carbocycles. The van der Waals surface area contributed by atoms with Crippen molar-refractivity contribution in [3.63, 3.8) is 0 Å². The molecule has 0 saturated heterocycles. The molecule has 1 amide bonds. The third-order valence-corrected chi connectivity index (χ3v) is 5.15. The smallest absolute Gasteiger partial charge is 0.230 e. The summed E-state index contributed by atoms with van der Waals surface area (Å²) >= 11 is 8.17. The van der Waals surface area contributed by atoms with Crippen LogP contribution in [-0.4, -0.2) is 5.91 Å². The van der Waals surface area contributed by atoms with Crippen molar-refractivity contribution >= 4 is 45.8 Å². The lowest BCUT2D eigenvalue weighted by Crippen LogP contribution is -2.35. The number of hydrogen-bond donors (Lipinski definition) is 1. The van der Waals surface area contributed by atoms with Crippen molar-refractivity contribution in [2.75, 3.05) is 5.32 Å². The third-order valence-electron chi connectivity index (χ3n) is 4.02. The van der Waals surface area contributed by atoms with Gasteiger partial charge in [-0.3, -0.25) is 4.79 Å². The number of halogens is 2. The summed E-state index contributed by atoms with van der Waals surface area (Å²) in [5.41, 5.74) is 0.701. The Morgan fingerprint density at radius 2 is 2.05 bits per heavy atom. The van der Waals surface area contributed by atoms with Crippen molar-refractivity contribution < 1.29 is 4.79 Å². The SMILES string of the molecule is CC(C)CC1(C(=O)Nc2ccc(Cl)cc2I)CCCC1. The molecule has 1 saturated carbocycles. The first-order chi connectivity index (χ1) is 9.43. The van der Waals surface area contributed by atoms with Crippen molar-refractivity contribution in [1.29, 1.82) is 0 Å². The van der Waals surface area contributed by atoms with Crippen LogP contribution in [0.2, 0.25) is 5.02 Å². The van der Waals surface area contributed by atoms with E-state index in [-0.39, 0.29) is 11.3 Å². The largest absolute Gasteiger partial charge is 0.325 e. The summed E-state index contributed by atoms with van der Waals surface area (Å²) in [5, 5.41) is 3.82. The molecule has 1 aliphatic carbocycles. The van der Waals surface area contributed by atoms with Gasteiger partial charge in [0.15, 0.2) is 0 Å². The van der Waals surface area contributed by atoms with Crippen LogP contribution in [0.3, 0.4) is 0 Å². The van der Waals surface area contributed by atoms with Gasteiger partial charge in [0.25, 0.3) is 0 Å². The molecule has 1 fully saturated rings. The number of rotatable bonds is 4. The molecule has 0 radical (unpaired) electrons. The Balaban J connectivity index is 2.16. The molecular formula is C16H21ClINO. The normalized spacial score (nSPS) is 17.4. The molecule has 4 heteroatoms. The molecule has 0 aliphatic heterocycles. The van der Waals surface area contributed by atoms with Crippen molar-refractivity contribution in [2.45, 2.75) is 46.0 Å². The Labute approximate surface area is 139 Å². The second-order valence-corrected chi connectivity index (χ2v) is 7.76. The van der Waals surface area contributed by atoms with Gasteiger partial charge in [0.05, 0.1) is 5.69 Å². The highest BCUT2D eigenvalue weighted by atomic mass is 127. The quantitative estimate of drug-likeness (QED) is 0.659. The van der Waals surface area contributed by atoms with Gasteiger partial charge in [-0.05, 0) is 66.0 Å². The lowest BCUT2D eigenvalue weighted by atomic mass is 9.77. The summed E-state index contributed by atoms with van der Waals surface area (Å²) in [4.78, 5) is 12.8. The predicted molar refractivity (Wildman–Crippen MR) is 93.2 cm³/mol. The van der Waals surface area contributed by atoms with E-state index in [0.717, 1.165) is 41.4 Å². The van der Waals surface area contributed by atoms with E-state index in [9.17, 15) is 4.79 Å². The van der Waals surface area contributed by atoms with Crippen LogP contribution in [0.4, 0.5) is 5.69 Å². The fourth-order valence-corrected chi connectivity index (χ4v) is 4.21. The molecule has 1 aliphatic rings.